The molecule has 42 heavy (non-hydrogen) atoms. The minimum atomic E-state index is -1.78. The van der Waals surface area contributed by atoms with Gasteiger partial charge < -0.3 is 18.6 Å². The molecule has 0 aromatic carbocycles. The van der Waals surface area contributed by atoms with Crippen molar-refractivity contribution in [3.05, 3.63) is 22.8 Å². The molecule has 0 amide bonds. The van der Waals surface area contributed by atoms with E-state index in [1.165, 1.54) is 38.5 Å². The number of carbonyl (C=O) groups excluding carboxylic acids is 1. The first-order chi connectivity index (χ1) is 19.5. The Hall–Kier alpha value is -0.953. The van der Waals surface area contributed by atoms with Crippen LogP contribution in [0.25, 0.3) is 0 Å². The van der Waals surface area contributed by atoms with E-state index in [9.17, 15) is 4.79 Å². The molecule has 0 bridgehead atoms. The van der Waals surface area contributed by atoms with E-state index in [4.69, 9.17) is 18.6 Å². The summed E-state index contributed by atoms with van der Waals surface area (Å²) >= 11 is 0. The topological polar surface area (TPSA) is 54.0 Å². The summed E-state index contributed by atoms with van der Waals surface area (Å²) in [5.74, 6) is 2.26. The molecule has 5 aliphatic rings. The monoisotopic (exact) mass is 600 g/mol. The highest BCUT2D eigenvalue weighted by molar-refractivity contribution is 6.74. The van der Waals surface area contributed by atoms with Crippen LogP contribution >= 0.6 is 0 Å². The summed E-state index contributed by atoms with van der Waals surface area (Å²) in [6, 6.07) is 0. The van der Waals surface area contributed by atoms with Crippen molar-refractivity contribution >= 4 is 14.3 Å². The molecule has 1 aliphatic heterocycles. The van der Waals surface area contributed by atoms with Gasteiger partial charge in [-0.25, -0.2) is 4.79 Å². The van der Waals surface area contributed by atoms with E-state index < -0.39 is 13.9 Å². The molecule has 0 radical (unpaired) electrons. The predicted molar refractivity (Wildman–Crippen MR) is 171 cm³/mol. The zero-order valence-corrected chi connectivity index (χ0v) is 29.7. The van der Waals surface area contributed by atoms with Gasteiger partial charge in [-0.15, -0.1) is 0 Å². The van der Waals surface area contributed by atoms with Crippen molar-refractivity contribution in [2.24, 2.45) is 34.5 Å². The molecule has 238 valence electrons. The van der Waals surface area contributed by atoms with Gasteiger partial charge in [-0.05, 0) is 125 Å². The summed E-state index contributed by atoms with van der Waals surface area (Å²) in [5, 5.41) is 0.248. The Bertz CT molecular complexity index is 1120. The van der Waals surface area contributed by atoms with Crippen LogP contribution in [-0.4, -0.2) is 46.0 Å². The van der Waals surface area contributed by atoms with Gasteiger partial charge in [-0.1, -0.05) is 51.8 Å². The maximum atomic E-state index is 12.8. The molecular formula is C36H60O5Si. The number of esters is 1. The molecule has 0 aromatic rings. The summed E-state index contributed by atoms with van der Waals surface area (Å²) in [6.45, 7) is 23.4. The van der Waals surface area contributed by atoms with Gasteiger partial charge >= 0.3 is 5.97 Å². The van der Waals surface area contributed by atoms with Gasteiger partial charge in [-0.2, -0.15) is 0 Å². The number of ether oxygens (including phenoxy) is 3. The SMILES string of the molecule is COCO[C@@](C)([C@H]1CC(C)=C(C)C(=O)O1)[C@H]1CC[C@H]2[C@@H]3CC=C4C[C@@H](O[Si](C)(C)C(C)(C)C)CC[C@]4(C)[C@H]3CC[C@@]21C. The average molecular weight is 601 g/mol. The predicted octanol–water partition coefficient (Wildman–Crippen LogP) is 8.99. The van der Waals surface area contributed by atoms with Crippen LogP contribution in [0.5, 0.6) is 0 Å². The van der Waals surface area contributed by atoms with Crippen molar-refractivity contribution in [3.63, 3.8) is 0 Å². The lowest BCUT2D eigenvalue weighted by molar-refractivity contribution is -0.226. The molecule has 5 nitrogen and oxygen atoms in total. The van der Waals surface area contributed by atoms with Gasteiger partial charge in [0.2, 0.25) is 0 Å². The lowest BCUT2D eigenvalue weighted by Gasteiger charge is -2.60. The first kappa shape index (κ1) is 32.4. The van der Waals surface area contributed by atoms with Crippen LogP contribution in [0.3, 0.4) is 0 Å². The van der Waals surface area contributed by atoms with Crippen molar-refractivity contribution < 1.29 is 23.4 Å². The van der Waals surface area contributed by atoms with Gasteiger partial charge in [0.1, 0.15) is 18.5 Å². The van der Waals surface area contributed by atoms with E-state index in [1.807, 2.05) is 6.92 Å². The Morgan fingerprint density at radius 2 is 1.71 bits per heavy atom. The van der Waals surface area contributed by atoms with Crippen molar-refractivity contribution in [3.8, 4) is 0 Å². The minimum Gasteiger partial charge on any atom is -0.456 e. The van der Waals surface area contributed by atoms with Gasteiger partial charge in [0, 0.05) is 25.2 Å². The Balaban J connectivity index is 1.38. The second-order valence-electron chi connectivity index (χ2n) is 16.9. The van der Waals surface area contributed by atoms with Crippen LogP contribution in [0, 0.1) is 34.5 Å². The Labute approximate surface area is 257 Å². The molecule has 9 atom stereocenters. The first-order valence-electron chi connectivity index (χ1n) is 16.9. The fourth-order valence-corrected chi connectivity index (χ4v) is 11.4. The van der Waals surface area contributed by atoms with Crippen LogP contribution in [0.2, 0.25) is 18.1 Å². The Morgan fingerprint density at radius 3 is 2.36 bits per heavy atom. The van der Waals surface area contributed by atoms with Crippen LogP contribution in [-0.2, 0) is 23.4 Å². The molecule has 1 heterocycles. The summed E-state index contributed by atoms with van der Waals surface area (Å²) in [5.41, 5.74) is 3.44. The Morgan fingerprint density at radius 1 is 1.00 bits per heavy atom. The number of fused-ring (bicyclic) bond motifs is 5. The molecule has 6 heteroatoms. The fraction of sp³-hybridized carbons (Fsp3) is 0.861. The van der Waals surface area contributed by atoms with Gasteiger partial charge in [-0.3, -0.25) is 0 Å². The highest BCUT2D eigenvalue weighted by Gasteiger charge is 2.64. The summed E-state index contributed by atoms with van der Waals surface area (Å²) < 4.78 is 25.2. The zero-order chi connectivity index (χ0) is 30.9. The summed E-state index contributed by atoms with van der Waals surface area (Å²) in [4.78, 5) is 12.8. The highest BCUT2D eigenvalue weighted by atomic mass is 28.4. The van der Waals surface area contributed by atoms with Crippen molar-refractivity contribution in [2.75, 3.05) is 13.9 Å². The van der Waals surface area contributed by atoms with E-state index in [1.54, 1.807) is 12.7 Å². The van der Waals surface area contributed by atoms with E-state index >= 15 is 0 Å². The lowest BCUT2D eigenvalue weighted by Crippen LogP contribution is -2.58. The van der Waals surface area contributed by atoms with Gasteiger partial charge in [0.25, 0.3) is 0 Å². The molecule has 0 saturated heterocycles. The van der Waals surface area contributed by atoms with Gasteiger partial charge in [0.05, 0.1) is 0 Å². The molecule has 0 aromatic heterocycles. The summed E-state index contributed by atoms with van der Waals surface area (Å²) in [6.07, 6.45) is 13.1. The molecular weight excluding hydrogens is 540 g/mol. The quantitative estimate of drug-likeness (QED) is 0.126. The number of allylic oxidation sites excluding steroid dienone is 1. The first-order valence-corrected chi connectivity index (χ1v) is 19.8. The molecule has 0 spiro atoms. The molecule has 3 fully saturated rings. The third kappa shape index (κ3) is 5.22. The largest absolute Gasteiger partial charge is 0.456 e. The number of hydrogen-bond acceptors (Lipinski definition) is 5. The smallest absolute Gasteiger partial charge is 0.334 e. The van der Waals surface area contributed by atoms with Crippen LogP contribution in [0.1, 0.15) is 113 Å². The fourth-order valence-electron chi connectivity index (χ4n) is 10.1. The van der Waals surface area contributed by atoms with E-state index in [2.05, 4.69) is 67.6 Å². The van der Waals surface area contributed by atoms with Crippen LogP contribution in [0.15, 0.2) is 22.8 Å². The standard InChI is InChI=1S/C36H60O5Si/c1-23-20-31(40-32(37)24(23)2)36(8,39-22-38-9)30-15-14-28-27-13-12-25-21-26(41-42(10,11)33(3,4)5)16-18-34(25,6)29(27)17-19-35(28,30)7/h12,26-31H,13-22H2,1-11H3/t26-,27-,28-,29-,30-,31+,34-,35-,36+/m0/s1. The van der Waals surface area contributed by atoms with E-state index in [0.717, 1.165) is 36.3 Å². The van der Waals surface area contributed by atoms with E-state index in [-0.39, 0.29) is 29.3 Å². The van der Waals surface area contributed by atoms with Crippen LogP contribution in [0.4, 0.5) is 0 Å². The van der Waals surface area contributed by atoms with Crippen molar-refractivity contribution in [1.82, 2.24) is 0 Å². The number of methoxy groups -OCH3 is 1. The Kier molecular flexibility index (Phi) is 8.60. The maximum absolute atomic E-state index is 12.8. The zero-order valence-electron chi connectivity index (χ0n) is 28.7. The van der Waals surface area contributed by atoms with Crippen molar-refractivity contribution in [1.29, 1.82) is 0 Å². The van der Waals surface area contributed by atoms with Gasteiger partial charge in [0.15, 0.2) is 8.32 Å². The highest BCUT2D eigenvalue weighted by Crippen LogP contribution is 2.68. The average Bonchev–Trinajstić information content (AvgIpc) is 3.27. The third-order valence-electron chi connectivity index (χ3n) is 13.8. The number of carbonyl (C=O) groups is 1. The molecule has 3 saturated carbocycles. The lowest BCUT2D eigenvalue weighted by atomic mass is 9.46. The molecule has 0 N–H and O–H groups in total. The summed E-state index contributed by atoms with van der Waals surface area (Å²) in [7, 11) is -0.0937. The third-order valence-corrected chi connectivity index (χ3v) is 18.4. The number of hydrogen-bond donors (Lipinski definition) is 0. The second kappa shape index (κ2) is 11.1. The molecule has 4 aliphatic carbocycles. The minimum absolute atomic E-state index is 0.157. The van der Waals surface area contributed by atoms with E-state index in [0.29, 0.717) is 29.3 Å². The second-order valence-corrected chi connectivity index (χ2v) is 21.7. The molecule has 0 unspecified atom stereocenters. The normalized spacial score (nSPS) is 40.5. The number of cyclic esters (lactones) is 1. The number of rotatable bonds is 7. The maximum Gasteiger partial charge on any atom is 0.334 e. The van der Waals surface area contributed by atoms with Crippen LogP contribution < -0.4 is 0 Å². The molecule has 5 rings (SSSR count). The van der Waals surface area contributed by atoms with Crippen molar-refractivity contribution in [2.45, 2.75) is 149 Å².